The zero-order valence-electron chi connectivity index (χ0n) is 19.6. The fraction of sp³-hybridized carbons (Fsp3) is 0.192. The summed E-state index contributed by atoms with van der Waals surface area (Å²) >= 11 is 0. The Morgan fingerprint density at radius 1 is 0.892 bits per heavy atom. The topological polar surface area (TPSA) is 168 Å². The van der Waals surface area contributed by atoms with Crippen LogP contribution in [0.1, 0.15) is 11.7 Å². The minimum atomic E-state index is -1.02. The Labute approximate surface area is 208 Å². The van der Waals surface area contributed by atoms with E-state index in [1.54, 1.807) is 0 Å². The SMILES string of the molecule is COc1cc([C@H]2Oc3cc(O)c4c(=O)c(O)c(-c5ccc(O)cc5)oc4c3O[C@@H]2CO)cc(OC)c1O. The van der Waals surface area contributed by atoms with E-state index >= 15 is 0 Å². The number of aromatic hydroxyl groups is 4. The van der Waals surface area contributed by atoms with Gasteiger partial charge < -0.3 is 48.9 Å². The van der Waals surface area contributed by atoms with Gasteiger partial charge in [0.15, 0.2) is 40.8 Å². The molecule has 0 amide bonds. The average Bonchev–Trinajstić information content (AvgIpc) is 2.90. The molecule has 4 aromatic rings. The van der Waals surface area contributed by atoms with Crippen molar-refractivity contribution in [1.29, 1.82) is 0 Å². The van der Waals surface area contributed by atoms with Crippen LogP contribution in [-0.4, -0.2) is 52.5 Å². The molecular formula is C26H22O11. The van der Waals surface area contributed by atoms with Gasteiger partial charge in [-0.3, -0.25) is 4.79 Å². The molecule has 0 aliphatic carbocycles. The smallest absolute Gasteiger partial charge is 0.238 e. The van der Waals surface area contributed by atoms with Crippen LogP contribution in [0.5, 0.6) is 46.0 Å². The maximum absolute atomic E-state index is 13.0. The maximum Gasteiger partial charge on any atom is 0.238 e. The lowest BCUT2D eigenvalue weighted by molar-refractivity contribution is -0.0120. The van der Waals surface area contributed by atoms with E-state index in [0.29, 0.717) is 5.56 Å². The molecule has 2 heterocycles. The van der Waals surface area contributed by atoms with Crippen LogP contribution < -0.4 is 24.4 Å². The first kappa shape index (κ1) is 23.9. The highest BCUT2D eigenvalue weighted by molar-refractivity contribution is 5.93. The zero-order chi connectivity index (χ0) is 26.4. The van der Waals surface area contributed by atoms with E-state index in [1.807, 2.05) is 0 Å². The van der Waals surface area contributed by atoms with Gasteiger partial charge >= 0.3 is 0 Å². The molecule has 11 heteroatoms. The Morgan fingerprint density at radius 3 is 2.14 bits per heavy atom. The number of hydrogen-bond acceptors (Lipinski definition) is 11. The van der Waals surface area contributed by atoms with Crippen LogP contribution in [0.4, 0.5) is 0 Å². The molecule has 0 bridgehead atoms. The molecular weight excluding hydrogens is 488 g/mol. The van der Waals surface area contributed by atoms with E-state index in [1.165, 1.54) is 50.6 Å². The van der Waals surface area contributed by atoms with Gasteiger partial charge in [-0.05, 0) is 36.4 Å². The molecule has 0 unspecified atom stereocenters. The molecule has 1 aromatic heterocycles. The van der Waals surface area contributed by atoms with Gasteiger partial charge in [0.05, 0.1) is 20.8 Å². The van der Waals surface area contributed by atoms with Crippen LogP contribution in [-0.2, 0) is 0 Å². The molecule has 1 aliphatic rings. The second kappa shape index (κ2) is 9.03. The summed E-state index contributed by atoms with van der Waals surface area (Å²) in [7, 11) is 2.73. The van der Waals surface area contributed by atoms with Gasteiger partial charge in [0.1, 0.15) is 16.9 Å². The second-order valence-electron chi connectivity index (χ2n) is 8.23. The summed E-state index contributed by atoms with van der Waals surface area (Å²) in [4.78, 5) is 13.0. The third kappa shape index (κ3) is 3.85. The molecule has 0 saturated heterocycles. The van der Waals surface area contributed by atoms with Crippen LogP contribution in [0.25, 0.3) is 22.3 Å². The third-order valence-corrected chi connectivity index (χ3v) is 6.04. The normalized spacial score (nSPS) is 16.5. The standard InChI is InChI=1S/C26H22O11/c1-33-15-7-12(8-16(34-2)20(15)30)23-18(10-27)36-25-17(35-23)9-14(29)19-21(31)22(32)24(37-26(19)25)11-3-5-13(28)6-4-11/h3-9,18,23,27-30,32H,10H2,1-2H3/t18-,23-/m1/s1. The molecule has 37 heavy (non-hydrogen) atoms. The highest BCUT2D eigenvalue weighted by Gasteiger charge is 2.37. The number of phenols is 3. The van der Waals surface area contributed by atoms with Gasteiger partial charge in [-0.1, -0.05) is 0 Å². The molecule has 11 nitrogen and oxygen atoms in total. The van der Waals surface area contributed by atoms with Crippen molar-refractivity contribution in [2.24, 2.45) is 0 Å². The van der Waals surface area contributed by atoms with Gasteiger partial charge in [-0.2, -0.15) is 0 Å². The summed E-state index contributed by atoms with van der Waals surface area (Å²) in [5, 5.41) is 50.8. The highest BCUT2D eigenvalue weighted by atomic mass is 16.6. The van der Waals surface area contributed by atoms with Crippen LogP contribution in [0.3, 0.4) is 0 Å². The number of benzene rings is 3. The summed E-state index contributed by atoms with van der Waals surface area (Å²) in [5.74, 6) is -1.62. The highest BCUT2D eigenvalue weighted by Crippen LogP contribution is 2.49. The van der Waals surface area contributed by atoms with E-state index in [4.69, 9.17) is 23.4 Å². The number of hydrogen-bond donors (Lipinski definition) is 5. The van der Waals surface area contributed by atoms with Crippen molar-refractivity contribution in [3.8, 4) is 57.3 Å². The number of phenolic OH excluding ortho intramolecular Hbond substituents is 3. The average molecular weight is 510 g/mol. The second-order valence-corrected chi connectivity index (χ2v) is 8.23. The van der Waals surface area contributed by atoms with Gasteiger partial charge in [0.25, 0.3) is 0 Å². The molecule has 5 rings (SSSR count). The first-order valence-corrected chi connectivity index (χ1v) is 11.0. The maximum atomic E-state index is 13.0. The summed E-state index contributed by atoms with van der Waals surface area (Å²) in [5.41, 5.74) is -0.418. The molecule has 2 atom stereocenters. The van der Waals surface area contributed by atoms with Crippen molar-refractivity contribution in [2.45, 2.75) is 12.2 Å². The fourth-order valence-corrected chi connectivity index (χ4v) is 4.22. The number of rotatable bonds is 5. The predicted molar refractivity (Wildman–Crippen MR) is 129 cm³/mol. The van der Waals surface area contributed by atoms with Crippen molar-refractivity contribution in [3.05, 3.63) is 58.3 Å². The van der Waals surface area contributed by atoms with Crippen LogP contribution >= 0.6 is 0 Å². The lowest BCUT2D eigenvalue weighted by Gasteiger charge is -2.34. The largest absolute Gasteiger partial charge is 0.508 e. The van der Waals surface area contributed by atoms with Gasteiger partial charge in [0.2, 0.25) is 22.7 Å². The Bertz CT molecular complexity index is 1530. The summed E-state index contributed by atoms with van der Waals surface area (Å²) in [6.45, 7) is -0.523. The molecule has 3 aromatic carbocycles. The molecule has 0 spiro atoms. The Kier molecular flexibility index (Phi) is 5.84. The Hall–Kier alpha value is -4.77. The number of ether oxygens (including phenoxy) is 4. The van der Waals surface area contributed by atoms with Gasteiger partial charge in [-0.25, -0.2) is 0 Å². The molecule has 192 valence electrons. The molecule has 1 aliphatic heterocycles. The quantitative estimate of drug-likeness (QED) is 0.267. The van der Waals surface area contributed by atoms with E-state index < -0.39 is 35.7 Å². The third-order valence-electron chi connectivity index (χ3n) is 6.04. The van der Waals surface area contributed by atoms with Gasteiger partial charge in [-0.15, -0.1) is 0 Å². The lowest BCUT2D eigenvalue weighted by atomic mass is 10.0. The monoisotopic (exact) mass is 510 g/mol. The van der Waals surface area contributed by atoms with E-state index in [0.717, 1.165) is 6.07 Å². The molecule has 0 fully saturated rings. The van der Waals surface area contributed by atoms with Crippen molar-refractivity contribution >= 4 is 11.0 Å². The molecule has 0 radical (unpaired) electrons. The Morgan fingerprint density at radius 2 is 1.54 bits per heavy atom. The van der Waals surface area contributed by atoms with Crippen LogP contribution in [0, 0.1) is 0 Å². The van der Waals surface area contributed by atoms with Crippen molar-refractivity contribution in [1.82, 2.24) is 0 Å². The predicted octanol–water partition coefficient (Wildman–Crippen LogP) is 3.17. The van der Waals surface area contributed by atoms with E-state index in [-0.39, 0.29) is 56.8 Å². The Balaban J connectivity index is 1.69. The zero-order valence-corrected chi connectivity index (χ0v) is 19.6. The van der Waals surface area contributed by atoms with Gasteiger partial charge in [0, 0.05) is 17.2 Å². The molecule has 0 saturated carbocycles. The number of methoxy groups -OCH3 is 2. The summed E-state index contributed by atoms with van der Waals surface area (Å²) in [6.07, 6.45) is -1.96. The number of fused-ring (bicyclic) bond motifs is 3. The number of aliphatic hydroxyl groups is 1. The minimum Gasteiger partial charge on any atom is -0.508 e. The summed E-state index contributed by atoms with van der Waals surface area (Å²) < 4.78 is 28.4. The number of aliphatic hydroxyl groups excluding tert-OH is 1. The minimum absolute atomic E-state index is 0.00351. The molecule has 5 N–H and O–H groups in total. The van der Waals surface area contributed by atoms with Crippen LogP contribution in [0.15, 0.2) is 51.7 Å². The van der Waals surface area contributed by atoms with E-state index in [2.05, 4.69) is 0 Å². The van der Waals surface area contributed by atoms with E-state index in [9.17, 15) is 30.3 Å². The first-order valence-electron chi connectivity index (χ1n) is 11.0. The lowest BCUT2D eigenvalue weighted by Crippen LogP contribution is -2.36. The van der Waals surface area contributed by atoms with Crippen molar-refractivity contribution in [3.63, 3.8) is 0 Å². The van der Waals surface area contributed by atoms with Crippen LogP contribution in [0.2, 0.25) is 0 Å². The summed E-state index contributed by atoms with van der Waals surface area (Å²) in [6, 6.07) is 9.69. The fourth-order valence-electron chi connectivity index (χ4n) is 4.22. The van der Waals surface area contributed by atoms with Crippen molar-refractivity contribution in [2.75, 3.05) is 20.8 Å². The first-order chi connectivity index (χ1) is 17.8. The van der Waals surface area contributed by atoms with Crippen molar-refractivity contribution < 1.29 is 48.9 Å².